The Morgan fingerprint density at radius 2 is 2.10 bits per heavy atom. The van der Waals surface area contributed by atoms with Gasteiger partial charge in [-0.25, -0.2) is 4.58 Å². The lowest BCUT2D eigenvalue weighted by Gasteiger charge is -2.24. The molecule has 1 fully saturated rings. The fourth-order valence-electron chi connectivity index (χ4n) is 3.58. The Bertz CT molecular complexity index is 575. The van der Waals surface area contributed by atoms with Crippen molar-refractivity contribution < 1.29 is 9.31 Å². The van der Waals surface area contributed by atoms with Crippen LogP contribution in [0.2, 0.25) is 0 Å². The molecule has 1 heterocycles. The molecular formula is C17H21N2O+. The molecule has 1 atom stereocenters. The number of benzene rings is 1. The van der Waals surface area contributed by atoms with Crippen LogP contribution in [-0.4, -0.2) is 30.5 Å². The van der Waals surface area contributed by atoms with Crippen molar-refractivity contribution in [3.8, 4) is 11.8 Å². The summed E-state index contributed by atoms with van der Waals surface area (Å²) in [4.78, 5) is 0. The smallest absolute Gasteiger partial charge is 0.161 e. The van der Waals surface area contributed by atoms with Crippen LogP contribution in [-0.2, 0) is 6.42 Å². The van der Waals surface area contributed by atoms with Crippen molar-refractivity contribution in [3.63, 3.8) is 0 Å². The molecule has 0 radical (unpaired) electrons. The van der Waals surface area contributed by atoms with Gasteiger partial charge in [-0.3, -0.25) is 0 Å². The molecule has 0 N–H and O–H groups in total. The summed E-state index contributed by atoms with van der Waals surface area (Å²) >= 11 is 0. The van der Waals surface area contributed by atoms with E-state index in [1.54, 1.807) is 7.11 Å². The second-order valence-corrected chi connectivity index (χ2v) is 5.67. The maximum Gasteiger partial charge on any atom is 0.161 e. The normalized spacial score (nSPS) is 21.5. The first kappa shape index (κ1) is 13.2. The Hall–Kier alpha value is -1.82. The predicted molar refractivity (Wildman–Crippen MR) is 78.5 cm³/mol. The van der Waals surface area contributed by atoms with Crippen LogP contribution in [0.3, 0.4) is 0 Å². The average Bonchev–Trinajstić information content (AvgIpc) is 3.01. The second-order valence-electron chi connectivity index (χ2n) is 5.67. The summed E-state index contributed by atoms with van der Waals surface area (Å²) in [6.07, 6.45) is 5.33. The molecule has 1 saturated heterocycles. The maximum atomic E-state index is 9.20. The number of fused-ring (bicyclic) bond motifs is 1. The van der Waals surface area contributed by atoms with E-state index in [4.69, 9.17) is 4.74 Å². The first-order valence-corrected chi connectivity index (χ1v) is 7.48. The number of hydrogen-bond donors (Lipinski definition) is 0. The lowest BCUT2D eigenvalue weighted by Crippen LogP contribution is -2.29. The van der Waals surface area contributed by atoms with Crippen LogP contribution in [0, 0.1) is 11.3 Å². The zero-order valence-electron chi connectivity index (χ0n) is 12.1. The zero-order chi connectivity index (χ0) is 13.9. The average molecular weight is 269 g/mol. The van der Waals surface area contributed by atoms with Gasteiger partial charge in [-0.15, -0.1) is 0 Å². The summed E-state index contributed by atoms with van der Waals surface area (Å²) in [6, 6.07) is 8.70. The van der Waals surface area contributed by atoms with Gasteiger partial charge in [0.2, 0.25) is 0 Å². The number of nitriles is 1. The molecule has 1 unspecified atom stereocenters. The third-order valence-electron chi connectivity index (χ3n) is 4.59. The molecule has 0 bridgehead atoms. The molecule has 0 spiro atoms. The number of nitrogens with zero attached hydrogens (tertiary/aromatic N) is 2. The van der Waals surface area contributed by atoms with Crippen LogP contribution in [0.25, 0.3) is 0 Å². The highest BCUT2D eigenvalue weighted by Crippen LogP contribution is 2.34. The summed E-state index contributed by atoms with van der Waals surface area (Å²) in [5, 5.41) is 9.20. The molecule has 20 heavy (non-hydrogen) atoms. The quantitative estimate of drug-likeness (QED) is 0.774. The fourth-order valence-corrected chi connectivity index (χ4v) is 3.58. The number of aryl methyl sites for hydroxylation is 1. The Morgan fingerprint density at radius 3 is 2.80 bits per heavy atom. The van der Waals surface area contributed by atoms with Crippen molar-refractivity contribution in [2.45, 2.75) is 38.0 Å². The van der Waals surface area contributed by atoms with Crippen molar-refractivity contribution in [2.75, 3.05) is 20.2 Å². The highest BCUT2D eigenvalue weighted by atomic mass is 16.5. The van der Waals surface area contributed by atoms with Gasteiger partial charge in [0.1, 0.15) is 18.8 Å². The van der Waals surface area contributed by atoms with Gasteiger partial charge in [-0.2, -0.15) is 5.26 Å². The van der Waals surface area contributed by atoms with Crippen molar-refractivity contribution in [1.82, 2.24) is 0 Å². The van der Waals surface area contributed by atoms with Crippen LogP contribution in [0.1, 0.15) is 42.7 Å². The molecule has 0 aromatic heterocycles. The highest BCUT2D eigenvalue weighted by molar-refractivity contribution is 5.89. The monoisotopic (exact) mass is 269 g/mol. The lowest BCUT2D eigenvalue weighted by molar-refractivity contribution is -0.509. The van der Waals surface area contributed by atoms with Crippen molar-refractivity contribution in [2.24, 2.45) is 0 Å². The third-order valence-corrected chi connectivity index (χ3v) is 4.59. The van der Waals surface area contributed by atoms with E-state index in [-0.39, 0.29) is 5.92 Å². The predicted octanol–water partition coefficient (Wildman–Crippen LogP) is 2.89. The number of methoxy groups -OCH3 is 1. The zero-order valence-corrected chi connectivity index (χ0v) is 12.1. The number of rotatable bonds is 2. The molecule has 3 heteroatoms. The minimum atomic E-state index is 0.285. The fraction of sp³-hybridized carbons (Fsp3) is 0.529. The van der Waals surface area contributed by atoms with Gasteiger partial charge in [0.25, 0.3) is 0 Å². The summed E-state index contributed by atoms with van der Waals surface area (Å²) in [6.45, 7) is 2.34. The minimum absolute atomic E-state index is 0.285. The SMILES string of the molecule is COc1ccc2c(c1)CCC(=[N+]1CCCC1)C2CC#N. The van der Waals surface area contributed by atoms with E-state index >= 15 is 0 Å². The van der Waals surface area contributed by atoms with Gasteiger partial charge in [0, 0.05) is 19.3 Å². The van der Waals surface area contributed by atoms with Gasteiger partial charge in [0.05, 0.1) is 25.5 Å². The van der Waals surface area contributed by atoms with E-state index in [1.807, 2.05) is 6.07 Å². The molecule has 1 aliphatic heterocycles. The molecule has 1 aromatic rings. The first-order valence-electron chi connectivity index (χ1n) is 7.48. The number of hydrogen-bond acceptors (Lipinski definition) is 2. The molecule has 3 nitrogen and oxygen atoms in total. The van der Waals surface area contributed by atoms with E-state index in [0.717, 1.165) is 18.6 Å². The van der Waals surface area contributed by atoms with Gasteiger partial charge >= 0.3 is 0 Å². The summed E-state index contributed by atoms with van der Waals surface area (Å²) < 4.78 is 7.84. The van der Waals surface area contributed by atoms with Crippen LogP contribution < -0.4 is 4.74 Å². The standard InChI is InChI=1S/C17H21N2O/c1-20-14-5-6-15-13(12-14)4-7-17(16(15)8-9-18)19-10-2-3-11-19/h5-6,12,16H,2-4,7-8,10-11H2,1H3/q+1. The summed E-state index contributed by atoms with van der Waals surface area (Å²) in [7, 11) is 1.71. The van der Waals surface area contributed by atoms with Crippen LogP contribution >= 0.6 is 0 Å². The van der Waals surface area contributed by atoms with Crippen molar-refractivity contribution in [1.29, 1.82) is 5.26 Å². The summed E-state index contributed by atoms with van der Waals surface area (Å²) in [5.41, 5.74) is 4.18. The van der Waals surface area contributed by atoms with E-state index in [0.29, 0.717) is 6.42 Å². The van der Waals surface area contributed by atoms with E-state index in [1.165, 1.54) is 42.8 Å². The molecule has 0 saturated carbocycles. The number of ether oxygens (including phenoxy) is 1. The first-order chi connectivity index (χ1) is 9.83. The highest BCUT2D eigenvalue weighted by Gasteiger charge is 2.33. The second kappa shape index (κ2) is 5.66. The van der Waals surface area contributed by atoms with Crippen LogP contribution in [0.4, 0.5) is 0 Å². The summed E-state index contributed by atoms with van der Waals surface area (Å²) in [5.74, 6) is 1.21. The third kappa shape index (κ3) is 2.31. The topological polar surface area (TPSA) is 36.0 Å². The Labute approximate surface area is 120 Å². The minimum Gasteiger partial charge on any atom is -0.497 e. The van der Waals surface area contributed by atoms with E-state index in [9.17, 15) is 5.26 Å². The van der Waals surface area contributed by atoms with E-state index in [2.05, 4.69) is 22.8 Å². The molecule has 1 aliphatic carbocycles. The maximum absolute atomic E-state index is 9.20. The van der Waals surface area contributed by atoms with Gasteiger partial charge < -0.3 is 4.74 Å². The van der Waals surface area contributed by atoms with Crippen molar-refractivity contribution in [3.05, 3.63) is 29.3 Å². The van der Waals surface area contributed by atoms with Gasteiger partial charge in [0.15, 0.2) is 5.71 Å². The Morgan fingerprint density at radius 1 is 1.30 bits per heavy atom. The molecule has 1 aromatic carbocycles. The Balaban J connectivity index is 2.02. The van der Waals surface area contributed by atoms with Crippen LogP contribution in [0.15, 0.2) is 18.2 Å². The molecule has 0 amide bonds. The lowest BCUT2D eigenvalue weighted by atomic mass is 9.79. The van der Waals surface area contributed by atoms with Gasteiger partial charge in [-0.05, 0) is 29.7 Å². The largest absolute Gasteiger partial charge is 0.497 e. The molecule has 104 valence electrons. The van der Waals surface area contributed by atoms with Crippen LogP contribution in [0.5, 0.6) is 5.75 Å². The van der Waals surface area contributed by atoms with Crippen molar-refractivity contribution >= 4 is 5.71 Å². The molecular weight excluding hydrogens is 248 g/mol. The Kier molecular flexibility index (Phi) is 3.73. The van der Waals surface area contributed by atoms with Gasteiger partial charge in [-0.1, -0.05) is 6.07 Å². The molecule has 2 aliphatic rings. The molecule has 3 rings (SSSR count). The van der Waals surface area contributed by atoms with E-state index < -0.39 is 0 Å².